The topological polar surface area (TPSA) is 98.3 Å². The summed E-state index contributed by atoms with van der Waals surface area (Å²) in [5, 5.41) is 14.3. The first-order valence-corrected chi connectivity index (χ1v) is 8.19. The van der Waals surface area contributed by atoms with Gasteiger partial charge < -0.3 is 11.1 Å². The number of thioether (sulfide) groups is 1. The van der Waals surface area contributed by atoms with Gasteiger partial charge in [-0.25, -0.2) is 0 Å². The fourth-order valence-electron chi connectivity index (χ4n) is 2.64. The van der Waals surface area contributed by atoms with Crippen LogP contribution < -0.4 is 11.1 Å². The smallest absolute Gasteiger partial charge is 0.292 e. The minimum absolute atomic E-state index is 0.0659. The maximum atomic E-state index is 12.3. The summed E-state index contributed by atoms with van der Waals surface area (Å²) in [6.45, 7) is 0. The van der Waals surface area contributed by atoms with Crippen LogP contribution in [0.2, 0.25) is 0 Å². The van der Waals surface area contributed by atoms with Crippen LogP contribution in [-0.4, -0.2) is 28.4 Å². The third-order valence-corrected chi connectivity index (χ3v) is 4.98. The molecular weight excluding hydrogens is 290 g/mol. The first-order chi connectivity index (χ1) is 10.0. The molecule has 1 aromatic carbocycles. The maximum Gasteiger partial charge on any atom is 0.292 e. The lowest BCUT2D eigenvalue weighted by Crippen LogP contribution is -2.43. The third kappa shape index (κ3) is 3.66. The Kier molecular flexibility index (Phi) is 5.06. The Hall–Kier alpha value is -1.76. The Balaban J connectivity index is 2.13. The number of benzene rings is 1. The summed E-state index contributed by atoms with van der Waals surface area (Å²) >= 11 is 1.76. The van der Waals surface area contributed by atoms with E-state index in [0.717, 1.165) is 19.3 Å². The Labute approximate surface area is 127 Å². The number of nitro groups is 1. The van der Waals surface area contributed by atoms with Gasteiger partial charge in [-0.3, -0.25) is 14.9 Å². The monoisotopic (exact) mass is 309 g/mol. The fraction of sp³-hybridized carbons (Fsp3) is 0.500. The van der Waals surface area contributed by atoms with Crippen LogP contribution >= 0.6 is 11.8 Å². The van der Waals surface area contributed by atoms with Gasteiger partial charge in [0.05, 0.1) is 4.92 Å². The number of anilines is 1. The van der Waals surface area contributed by atoms with E-state index in [2.05, 4.69) is 5.32 Å². The highest BCUT2D eigenvalue weighted by Crippen LogP contribution is 2.28. The predicted octanol–water partition coefficient (Wildman–Crippen LogP) is 2.58. The number of nitrogens with one attached hydrogen (secondary N) is 1. The maximum absolute atomic E-state index is 12.3. The van der Waals surface area contributed by atoms with Crippen molar-refractivity contribution in [3.8, 4) is 0 Å². The summed E-state index contributed by atoms with van der Waals surface area (Å²) < 4.78 is 0. The highest BCUT2D eigenvalue weighted by Gasteiger charge is 2.26. The van der Waals surface area contributed by atoms with Crippen LogP contribution in [0.5, 0.6) is 0 Å². The number of hydrogen-bond donors (Lipinski definition) is 2. The summed E-state index contributed by atoms with van der Waals surface area (Å²) in [7, 11) is 0. The van der Waals surface area contributed by atoms with Gasteiger partial charge in [-0.05, 0) is 31.2 Å². The minimum atomic E-state index is -0.572. The average molecular weight is 309 g/mol. The van der Waals surface area contributed by atoms with Crippen LogP contribution in [0, 0.1) is 10.1 Å². The molecule has 1 saturated carbocycles. The highest BCUT2D eigenvalue weighted by molar-refractivity contribution is 7.99. The van der Waals surface area contributed by atoms with Gasteiger partial charge in [0.25, 0.3) is 11.6 Å². The zero-order valence-corrected chi connectivity index (χ0v) is 12.7. The van der Waals surface area contributed by atoms with E-state index >= 15 is 0 Å². The second kappa shape index (κ2) is 6.80. The second-order valence-electron chi connectivity index (χ2n) is 5.17. The second-order valence-corrected chi connectivity index (χ2v) is 6.25. The molecule has 2 unspecified atom stereocenters. The summed E-state index contributed by atoms with van der Waals surface area (Å²) in [6, 6.07) is 4.29. The van der Waals surface area contributed by atoms with E-state index in [-0.39, 0.29) is 28.9 Å². The van der Waals surface area contributed by atoms with Crippen LogP contribution in [0.3, 0.4) is 0 Å². The molecule has 1 aliphatic rings. The van der Waals surface area contributed by atoms with Crippen molar-refractivity contribution in [2.45, 2.75) is 37.0 Å². The Bertz CT molecular complexity index is 550. The molecule has 2 rings (SSSR count). The van der Waals surface area contributed by atoms with Crippen molar-refractivity contribution in [2.24, 2.45) is 0 Å². The van der Waals surface area contributed by atoms with Gasteiger partial charge in [-0.2, -0.15) is 11.8 Å². The molecular formula is C14H19N3O3S. The Morgan fingerprint density at radius 2 is 2.14 bits per heavy atom. The number of amides is 1. The van der Waals surface area contributed by atoms with E-state index < -0.39 is 4.92 Å². The number of carbonyl (C=O) groups excluding carboxylic acids is 1. The molecule has 0 heterocycles. The van der Waals surface area contributed by atoms with Crippen LogP contribution in [0.4, 0.5) is 11.4 Å². The zero-order chi connectivity index (χ0) is 15.4. The molecule has 0 aromatic heterocycles. The van der Waals surface area contributed by atoms with Gasteiger partial charge in [0.1, 0.15) is 5.69 Å². The first kappa shape index (κ1) is 15.6. The van der Waals surface area contributed by atoms with E-state index in [4.69, 9.17) is 5.73 Å². The number of nitro benzene ring substituents is 1. The lowest BCUT2D eigenvalue weighted by atomic mass is 9.94. The van der Waals surface area contributed by atoms with Crippen molar-refractivity contribution in [1.29, 1.82) is 0 Å². The molecule has 1 aromatic rings. The number of nitrogens with two attached hydrogens (primary N) is 1. The van der Waals surface area contributed by atoms with Crippen LogP contribution in [0.1, 0.15) is 36.0 Å². The third-order valence-electron chi connectivity index (χ3n) is 3.81. The predicted molar refractivity (Wildman–Crippen MR) is 84.5 cm³/mol. The highest BCUT2D eigenvalue weighted by atomic mass is 32.2. The first-order valence-electron chi connectivity index (χ1n) is 6.90. The molecule has 114 valence electrons. The van der Waals surface area contributed by atoms with Crippen molar-refractivity contribution >= 4 is 29.0 Å². The van der Waals surface area contributed by atoms with Crippen molar-refractivity contribution in [2.75, 3.05) is 12.0 Å². The number of nitrogens with zero attached hydrogens (tertiary/aromatic N) is 1. The molecule has 7 heteroatoms. The van der Waals surface area contributed by atoms with Crippen molar-refractivity contribution < 1.29 is 9.72 Å². The Morgan fingerprint density at radius 1 is 1.43 bits per heavy atom. The van der Waals surface area contributed by atoms with Gasteiger partial charge in [0.2, 0.25) is 0 Å². The largest absolute Gasteiger partial charge is 0.393 e. The molecule has 0 aliphatic heterocycles. The Morgan fingerprint density at radius 3 is 2.81 bits per heavy atom. The molecule has 6 nitrogen and oxygen atoms in total. The molecule has 0 saturated heterocycles. The van der Waals surface area contributed by atoms with E-state index in [0.29, 0.717) is 5.25 Å². The lowest BCUT2D eigenvalue weighted by Gasteiger charge is -2.30. The van der Waals surface area contributed by atoms with E-state index in [1.807, 2.05) is 6.26 Å². The number of hydrogen-bond acceptors (Lipinski definition) is 5. The summed E-state index contributed by atoms with van der Waals surface area (Å²) in [5.74, 6) is -0.274. The molecule has 1 aliphatic carbocycles. The van der Waals surface area contributed by atoms with Gasteiger partial charge in [0.15, 0.2) is 0 Å². The van der Waals surface area contributed by atoms with Crippen molar-refractivity contribution in [3.63, 3.8) is 0 Å². The summed E-state index contributed by atoms with van der Waals surface area (Å²) in [5.41, 5.74) is 5.66. The van der Waals surface area contributed by atoms with E-state index in [1.165, 1.54) is 24.6 Å². The van der Waals surface area contributed by atoms with Crippen LogP contribution in [0.15, 0.2) is 18.2 Å². The van der Waals surface area contributed by atoms with Crippen LogP contribution in [-0.2, 0) is 0 Å². The normalized spacial score (nSPS) is 21.8. The molecule has 0 spiro atoms. The molecule has 1 fully saturated rings. The lowest BCUT2D eigenvalue weighted by molar-refractivity contribution is -0.383. The van der Waals surface area contributed by atoms with E-state index in [1.54, 1.807) is 11.8 Å². The molecule has 21 heavy (non-hydrogen) atoms. The van der Waals surface area contributed by atoms with E-state index in [9.17, 15) is 14.9 Å². The zero-order valence-electron chi connectivity index (χ0n) is 11.9. The van der Waals surface area contributed by atoms with Gasteiger partial charge in [-0.15, -0.1) is 0 Å². The van der Waals surface area contributed by atoms with Crippen molar-refractivity contribution in [1.82, 2.24) is 5.32 Å². The number of rotatable bonds is 4. The summed E-state index contributed by atoms with van der Waals surface area (Å²) in [6.07, 6.45) is 6.38. The molecule has 1 amide bonds. The molecule has 2 atom stereocenters. The molecule has 0 bridgehead atoms. The standard InChI is InChI=1S/C14H19N3O3S/c1-21-13-5-3-2-4-11(13)16-14(18)9-6-7-10(15)12(8-9)17(19)20/h6-8,11,13H,2-5,15H2,1H3,(H,16,18). The van der Waals surface area contributed by atoms with Crippen molar-refractivity contribution in [3.05, 3.63) is 33.9 Å². The van der Waals surface area contributed by atoms with Gasteiger partial charge in [0, 0.05) is 22.9 Å². The fourth-order valence-corrected chi connectivity index (χ4v) is 3.57. The molecule has 3 N–H and O–H groups in total. The van der Waals surface area contributed by atoms with Crippen LogP contribution in [0.25, 0.3) is 0 Å². The molecule has 0 radical (unpaired) electrons. The number of carbonyl (C=O) groups is 1. The SMILES string of the molecule is CSC1CCCCC1NC(=O)c1ccc(N)c([N+](=O)[O-])c1. The quantitative estimate of drug-likeness (QED) is 0.506. The van der Waals surface area contributed by atoms with Gasteiger partial charge >= 0.3 is 0 Å². The number of nitrogen functional groups attached to an aromatic ring is 1. The van der Waals surface area contributed by atoms with Gasteiger partial charge in [-0.1, -0.05) is 12.8 Å². The average Bonchev–Trinajstić information content (AvgIpc) is 2.47. The summed E-state index contributed by atoms with van der Waals surface area (Å²) in [4.78, 5) is 22.6. The minimum Gasteiger partial charge on any atom is -0.393 e.